The van der Waals surface area contributed by atoms with Crippen LogP contribution in [0, 0.1) is 0 Å². The Kier molecular flexibility index (Phi) is 2.78. The molecule has 1 saturated heterocycles. The third-order valence-corrected chi connectivity index (χ3v) is 2.74. The summed E-state index contributed by atoms with van der Waals surface area (Å²) in [5.41, 5.74) is -1.03. The number of hydrogen-bond donors (Lipinski definition) is 1. The molecule has 2 rings (SSSR count). The molecule has 1 aliphatic rings. The molecule has 1 fully saturated rings. The predicted octanol–water partition coefficient (Wildman–Crippen LogP) is 2.17. The quantitative estimate of drug-likeness (QED) is 0.834. The van der Waals surface area contributed by atoms with Crippen molar-refractivity contribution in [1.29, 1.82) is 0 Å². The van der Waals surface area contributed by atoms with Crippen LogP contribution in [0.3, 0.4) is 0 Å². The maximum absolute atomic E-state index is 13.5. The first-order valence-electron chi connectivity index (χ1n) is 5.43. The van der Waals surface area contributed by atoms with Crippen LogP contribution < -0.4 is 5.32 Å². The Labute approximate surface area is 89.1 Å². The van der Waals surface area contributed by atoms with Gasteiger partial charge in [-0.25, -0.2) is 9.37 Å². The van der Waals surface area contributed by atoms with E-state index in [0.29, 0.717) is 17.6 Å². The van der Waals surface area contributed by atoms with Crippen molar-refractivity contribution in [3.05, 3.63) is 17.8 Å². The van der Waals surface area contributed by atoms with E-state index in [1.165, 1.54) is 26.5 Å². The Morgan fingerprint density at radius 2 is 2.47 bits per heavy atom. The van der Waals surface area contributed by atoms with Crippen molar-refractivity contribution in [1.82, 2.24) is 10.3 Å². The molecular weight excluding hydrogens is 195 g/mol. The van der Waals surface area contributed by atoms with Gasteiger partial charge in [-0.15, -0.1) is 0 Å². The van der Waals surface area contributed by atoms with E-state index in [1.54, 1.807) is 0 Å². The normalized spacial score (nSPS) is 22.2. The summed E-state index contributed by atoms with van der Waals surface area (Å²) in [7, 11) is 0. The highest BCUT2D eigenvalue weighted by Crippen LogP contribution is 2.24. The average molecular weight is 212 g/mol. The lowest BCUT2D eigenvalue weighted by molar-refractivity contribution is 0.214. The molecule has 0 radical (unpaired) electrons. The molecule has 15 heavy (non-hydrogen) atoms. The summed E-state index contributed by atoms with van der Waals surface area (Å²) in [6, 6.07) is 0.444. The third-order valence-electron chi connectivity index (χ3n) is 2.74. The molecule has 0 saturated carbocycles. The number of rotatable bonds is 3. The van der Waals surface area contributed by atoms with Gasteiger partial charge in [0.15, 0.2) is 5.89 Å². The van der Waals surface area contributed by atoms with Gasteiger partial charge in [-0.2, -0.15) is 0 Å². The SMILES string of the molecule is CC(C)(F)c1coc(CC2CCCN2)n1. The molecule has 1 N–H and O–H groups in total. The van der Waals surface area contributed by atoms with Gasteiger partial charge >= 0.3 is 0 Å². The van der Waals surface area contributed by atoms with E-state index in [-0.39, 0.29) is 0 Å². The molecule has 84 valence electrons. The summed E-state index contributed by atoms with van der Waals surface area (Å²) < 4.78 is 18.8. The standard InChI is InChI=1S/C11H17FN2O/c1-11(2,12)9-7-15-10(14-9)6-8-4-3-5-13-8/h7-8,13H,3-6H2,1-2H3. The zero-order chi connectivity index (χ0) is 10.9. The van der Waals surface area contributed by atoms with Crippen molar-refractivity contribution in [2.24, 2.45) is 0 Å². The molecule has 1 aromatic rings. The van der Waals surface area contributed by atoms with Gasteiger partial charge in [0.1, 0.15) is 17.6 Å². The van der Waals surface area contributed by atoms with E-state index >= 15 is 0 Å². The largest absolute Gasteiger partial charge is 0.449 e. The number of halogens is 1. The fraction of sp³-hybridized carbons (Fsp3) is 0.727. The molecule has 0 aromatic carbocycles. The number of hydrogen-bond acceptors (Lipinski definition) is 3. The molecule has 0 aliphatic carbocycles. The Hall–Kier alpha value is -0.900. The highest BCUT2D eigenvalue weighted by Gasteiger charge is 2.24. The second-order valence-corrected chi connectivity index (χ2v) is 4.60. The zero-order valence-corrected chi connectivity index (χ0v) is 9.22. The van der Waals surface area contributed by atoms with E-state index in [4.69, 9.17) is 4.42 Å². The Balaban J connectivity index is 2.00. The number of aromatic nitrogens is 1. The Morgan fingerprint density at radius 3 is 3.00 bits per heavy atom. The first-order chi connectivity index (χ1) is 7.05. The minimum Gasteiger partial charge on any atom is -0.449 e. The molecule has 2 heterocycles. The zero-order valence-electron chi connectivity index (χ0n) is 9.22. The summed E-state index contributed by atoms with van der Waals surface area (Å²) in [4.78, 5) is 4.16. The predicted molar refractivity (Wildman–Crippen MR) is 55.4 cm³/mol. The smallest absolute Gasteiger partial charge is 0.195 e. The second kappa shape index (κ2) is 3.93. The van der Waals surface area contributed by atoms with Gasteiger partial charge in [0.2, 0.25) is 0 Å². The molecule has 4 heteroatoms. The second-order valence-electron chi connectivity index (χ2n) is 4.60. The van der Waals surface area contributed by atoms with Gasteiger partial charge in [-0.3, -0.25) is 0 Å². The van der Waals surface area contributed by atoms with Crippen LogP contribution in [0.15, 0.2) is 10.7 Å². The number of alkyl halides is 1. The van der Waals surface area contributed by atoms with Crippen molar-refractivity contribution in [3.8, 4) is 0 Å². The lowest BCUT2D eigenvalue weighted by Crippen LogP contribution is -2.23. The molecular formula is C11H17FN2O. The van der Waals surface area contributed by atoms with Crippen LogP contribution in [0.1, 0.15) is 38.3 Å². The third kappa shape index (κ3) is 2.56. The van der Waals surface area contributed by atoms with Gasteiger partial charge in [-0.05, 0) is 33.2 Å². The molecule has 0 bridgehead atoms. The van der Waals surface area contributed by atoms with Gasteiger partial charge in [0, 0.05) is 12.5 Å². The van der Waals surface area contributed by atoms with Crippen LogP contribution in [0.4, 0.5) is 4.39 Å². The summed E-state index contributed by atoms with van der Waals surface area (Å²) >= 11 is 0. The van der Waals surface area contributed by atoms with Crippen LogP contribution >= 0.6 is 0 Å². The van der Waals surface area contributed by atoms with Gasteiger partial charge < -0.3 is 9.73 Å². The number of nitrogens with zero attached hydrogens (tertiary/aromatic N) is 1. The highest BCUT2D eigenvalue weighted by atomic mass is 19.1. The molecule has 0 amide bonds. The van der Waals surface area contributed by atoms with E-state index < -0.39 is 5.67 Å². The van der Waals surface area contributed by atoms with Crippen molar-refractivity contribution in [2.45, 2.75) is 44.8 Å². The minimum atomic E-state index is -1.41. The molecule has 1 atom stereocenters. The van der Waals surface area contributed by atoms with Crippen LogP contribution in [-0.4, -0.2) is 17.6 Å². The molecule has 3 nitrogen and oxygen atoms in total. The summed E-state index contributed by atoms with van der Waals surface area (Å²) in [5, 5.41) is 3.36. The van der Waals surface area contributed by atoms with Gasteiger partial charge in [0.05, 0.1) is 0 Å². The molecule has 1 aliphatic heterocycles. The van der Waals surface area contributed by atoms with Crippen molar-refractivity contribution in [2.75, 3.05) is 6.54 Å². The topological polar surface area (TPSA) is 38.1 Å². The Morgan fingerprint density at radius 1 is 1.67 bits per heavy atom. The van der Waals surface area contributed by atoms with Crippen molar-refractivity contribution in [3.63, 3.8) is 0 Å². The summed E-state index contributed by atoms with van der Waals surface area (Å²) in [6.45, 7) is 4.04. The van der Waals surface area contributed by atoms with E-state index in [1.807, 2.05) is 0 Å². The van der Waals surface area contributed by atoms with Crippen LogP contribution in [-0.2, 0) is 12.1 Å². The highest BCUT2D eigenvalue weighted by molar-refractivity contribution is 5.06. The van der Waals surface area contributed by atoms with Crippen molar-refractivity contribution >= 4 is 0 Å². The number of nitrogens with one attached hydrogen (secondary N) is 1. The van der Waals surface area contributed by atoms with Gasteiger partial charge in [0.25, 0.3) is 0 Å². The Bertz CT molecular complexity index is 324. The fourth-order valence-electron chi connectivity index (χ4n) is 1.82. The minimum absolute atomic E-state index is 0.385. The molecule has 0 spiro atoms. The summed E-state index contributed by atoms with van der Waals surface area (Å²) in [5.74, 6) is 0.634. The van der Waals surface area contributed by atoms with Crippen LogP contribution in [0.2, 0.25) is 0 Å². The summed E-state index contributed by atoms with van der Waals surface area (Å²) in [6.07, 6.45) is 4.53. The fourth-order valence-corrected chi connectivity index (χ4v) is 1.82. The maximum Gasteiger partial charge on any atom is 0.195 e. The maximum atomic E-state index is 13.5. The van der Waals surface area contributed by atoms with Crippen LogP contribution in [0.25, 0.3) is 0 Å². The first-order valence-corrected chi connectivity index (χ1v) is 5.43. The lowest BCUT2D eigenvalue weighted by Gasteiger charge is -2.08. The molecule has 1 aromatic heterocycles. The van der Waals surface area contributed by atoms with E-state index in [9.17, 15) is 4.39 Å². The van der Waals surface area contributed by atoms with E-state index in [2.05, 4.69) is 10.3 Å². The first kappa shape index (κ1) is 10.6. The molecule has 1 unspecified atom stereocenters. The average Bonchev–Trinajstić information content (AvgIpc) is 2.73. The van der Waals surface area contributed by atoms with Crippen molar-refractivity contribution < 1.29 is 8.81 Å². The lowest BCUT2D eigenvalue weighted by atomic mass is 10.1. The van der Waals surface area contributed by atoms with Gasteiger partial charge in [-0.1, -0.05) is 0 Å². The van der Waals surface area contributed by atoms with Crippen LogP contribution in [0.5, 0.6) is 0 Å². The monoisotopic (exact) mass is 212 g/mol. The van der Waals surface area contributed by atoms with E-state index in [0.717, 1.165) is 19.4 Å². The number of oxazole rings is 1.